The standard InChI is InChI=1S/C20H20F4N4O2/c1-2-28-10-11(5-17(28)30)8-26-9-12-6-15(21)18(27-19(12)25)14-4-3-13(7-16(14)29)20(22,23)24/h3-4,6-7,9,11,29H,2,5,8,10H2,1H3,(H2,25,27). The SMILES string of the molecule is CCN1CC(CN=Cc2cc(F)c(-c3ccc(C(F)(F)F)cc3O)nc2N)CC1=O. The molecule has 1 aromatic carbocycles. The molecule has 0 radical (unpaired) electrons. The van der Waals surface area contributed by atoms with Crippen LogP contribution in [0.4, 0.5) is 23.4 Å². The van der Waals surface area contributed by atoms with E-state index >= 15 is 0 Å². The highest BCUT2D eigenvalue weighted by atomic mass is 19.4. The van der Waals surface area contributed by atoms with Crippen LogP contribution in [0.15, 0.2) is 29.3 Å². The predicted molar refractivity (Wildman–Crippen MR) is 104 cm³/mol. The Kier molecular flexibility index (Phi) is 5.95. The van der Waals surface area contributed by atoms with Crippen molar-refractivity contribution < 1.29 is 27.5 Å². The van der Waals surface area contributed by atoms with Gasteiger partial charge in [0.05, 0.1) is 5.56 Å². The molecule has 10 heteroatoms. The fourth-order valence-electron chi connectivity index (χ4n) is 3.30. The first-order valence-corrected chi connectivity index (χ1v) is 9.24. The average Bonchev–Trinajstić information content (AvgIpc) is 3.03. The van der Waals surface area contributed by atoms with Gasteiger partial charge in [0.15, 0.2) is 0 Å². The molecule has 1 aromatic heterocycles. The molecule has 3 N–H and O–H groups in total. The molecule has 1 unspecified atom stereocenters. The molecule has 6 nitrogen and oxygen atoms in total. The van der Waals surface area contributed by atoms with Gasteiger partial charge in [-0.25, -0.2) is 9.37 Å². The number of alkyl halides is 3. The molecule has 0 bridgehead atoms. The van der Waals surface area contributed by atoms with Gasteiger partial charge >= 0.3 is 6.18 Å². The van der Waals surface area contributed by atoms with Crippen LogP contribution in [0.1, 0.15) is 24.5 Å². The summed E-state index contributed by atoms with van der Waals surface area (Å²) < 4.78 is 52.7. The van der Waals surface area contributed by atoms with E-state index in [4.69, 9.17) is 5.73 Å². The van der Waals surface area contributed by atoms with E-state index in [-0.39, 0.29) is 34.5 Å². The quantitative estimate of drug-likeness (QED) is 0.568. The van der Waals surface area contributed by atoms with E-state index in [1.807, 2.05) is 6.92 Å². The van der Waals surface area contributed by atoms with Crippen molar-refractivity contribution >= 4 is 17.9 Å². The van der Waals surface area contributed by atoms with Gasteiger partial charge in [0.2, 0.25) is 5.91 Å². The smallest absolute Gasteiger partial charge is 0.416 e. The summed E-state index contributed by atoms with van der Waals surface area (Å²) in [6.45, 7) is 3.51. The Bertz CT molecular complexity index is 992. The number of amides is 1. The van der Waals surface area contributed by atoms with Crippen molar-refractivity contribution in [3.05, 3.63) is 41.2 Å². The molecule has 30 heavy (non-hydrogen) atoms. The number of rotatable bonds is 5. The first-order valence-electron chi connectivity index (χ1n) is 9.24. The predicted octanol–water partition coefficient (Wildman–Crippen LogP) is 3.48. The summed E-state index contributed by atoms with van der Waals surface area (Å²) in [5, 5.41) is 9.91. The zero-order valence-electron chi connectivity index (χ0n) is 16.1. The van der Waals surface area contributed by atoms with Crippen LogP contribution in [0.5, 0.6) is 5.75 Å². The van der Waals surface area contributed by atoms with Crippen molar-refractivity contribution in [1.29, 1.82) is 0 Å². The third-order valence-corrected chi connectivity index (χ3v) is 4.89. The molecular weight excluding hydrogens is 404 g/mol. The summed E-state index contributed by atoms with van der Waals surface area (Å²) in [7, 11) is 0. The first-order chi connectivity index (χ1) is 14.1. The summed E-state index contributed by atoms with van der Waals surface area (Å²) >= 11 is 0. The van der Waals surface area contributed by atoms with Crippen molar-refractivity contribution in [2.24, 2.45) is 10.9 Å². The van der Waals surface area contributed by atoms with Gasteiger partial charge < -0.3 is 15.7 Å². The molecule has 0 spiro atoms. The Morgan fingerprint density at radius 3 is 2.70 bits per heavy atom. The van der Waals surface area contributed by atoms with Gasteiger partial charge in [-0.05, 0) is 31.2 Å². The maximum Gasteiger partial charge on any atom is 0.416 e. The van der Waals surface area contributed by atoms with E-state index in [1.54, 1.807) is 4.90 Å². The van der Waals surface area contributed by atoms with Crippen LogP contribution in [0.3, 0.4) is 0 Å². The second kappa shape index (κ2) is 8.29. The van der Waals surface area contributed by atoms with E-state index < -0.39 is 23.3 Å². The molecule has 0 aliphatic carbocycles. The number of phenols is 1. The van der Waals surface area contributed by atoms with E-state index in [0.29, 0.717) is 32.1 Å². The lowest BCUT2D eigenvalue weighted by Crippen LogP contribution is -2.24. The number of halogens is 4. The van der Waals surface area contributed by atoms with Crippen molar-refractivity contribution in [2.45, 2.75) is 19.5 Å². The van der Waals surface area contributed by atoms with Gasteiger partial charge in [0.1, 0.15) is 23.1 Å². The number of carbonyl (C=O) groups is 1. The van der Waals surface area contributed by atoms with Crippen molar-refractivity contribution in [2.75, 3.05) is 25.4 Å². The number of pyridine rings is 1. The minimum atomic E-state index is -4.64. The average molecular weight is 424 g/mol. The normalized spacial score (nSPS) is 17.3. The van der Waals surface area contributed by atoms with Gasteiger partial charge in [-0.1, -0.05) is 0 Å². The van der Waals surface area contributed by atoms with Crippen molar-refractivity contribution in [1.82, 2.24) is 9.88 Å². The Morgan fingerprint density at radius 2 is 2.10 bits per heavy atom. The summed E-state index contributed by atoms with van der Waals surface area (Å²) in [6, 6.07) is 3.22. The number of nitrogens with two attached hydrogens (primary N) is 1. The number of nitrogen functional groups attached to an aromatic ring is 1. The minimum absolute atomic E-state index is 0.0658. The summed E-state index contributed by atoms with van der Waals surface area (Å²) in [4.78, 5) is 21.6. The number of phenolic OH excluding ortho intramolecular Hbond substituents is 1. The minimum Gasteiger partial charge on any atom is -0.507 e. The lowest BCUT2D eigenvalue weighted by atomic mass is 10.1. The van der Waals surface area contributed by atoms with E-state index in [1.165, 1.54) is 6.21 Å². The maximum atomic E-state index is 14.5. The molecule has 1 atom stereocenters. The molecule has 3 rings (SSSR count). The van der Waals surface area contributed by atoms with Crippen molar-refractivity contribution in [3.8, 4) is 17.0 Å². The van der Waals surface area contributed by atoms with Crippen LogP contribution in [-0.4, -0.2) is 46.7 Å². The zero-order chi connectivity index (χ0) is 22.1. The molecular formula is C20H20F4N4O2. The fourth-order valence-corrected chi connectivity index (χ4v) is 3.30. The summed E-state index contributed by atoms with van der Waals surface area (Å²) in [6.07, 6.45) is -2.89. The fraction of sp³-hybridized carbons (Fsp3) is 0.350. The molecule has 2 aromatic rings. The topological polar surface area (TPSA) is 91.8 Å². The van der Waals surface area contributed by atoms with Gasteiger partial charge in [-0.2, -0.15) is 13.2 Å². The first kappa shape index (κ1) is 21.5. The number of benzene rings is 1. The number of anilines is 1. The number of carbonyl (C=O) groups excluding carboxylic acids is 1. The number of aromatic hydroxyl groups is 1. The maximum absolute atomic E-state index is 14.5. The van der Waals surface area contributed by atoms with Crippen LogP contribution in [0.2, 0.25) is 0 Å². The molecule has 1 aliphatic heterocycles. The van der Waals surface area contributed by atoms with Gasteiger partial charge in [-0.15, -0.1) is 0 Å². The summed E-state index contributed by atoms with van der Waals surface area (Å²) in [5.74, 6) is -1.58. The molecule has 2 heterocycles. The van der Waals surface area contributed by atoms with Gasteiger partial charge in [-0.3, -0.25) is 9.79 Å². The van der Waals surface area contributed by atoms with E-state index in [0.717, 1.165) is 18.2 Å². The number of nitrogens with zero attached hydrogens (tertiary/aromatic N) is 3. The monoisotopic (exact) mass is 424 g/mol. The molecule has 160 valence electrons. The zero-order valence-corrected chi connectivity index (χ0v) is 16.1. The van der Waals surface area contributed by atoms with E-state index in [2.05, 4.69) is 9.98 Å². The highest BCUT2D eigenvalue weighted by molar-refractivity contribution is 5.87. The van der Waals surface area contributed by atoms with Crippen LogP contribution >= 0.6 is 0 Å². The highest BCUT2D eigenvalue weighted by Crippen LogP contribution is 2.37. The Labute approximate surface area is 170 Å². The molecule has 0 saturated carbocycles. The van der Waals surface area contributed by atoms with Gasteiger partial charge in [0.25, 0.3) is 0 Å². The third kappa shape index (κ3) is 4.52. The lowest BCUT2D eigenvalue weighted by molar-refractivity contribution is -0.137. The third-order valence-electron chi connectivity index (χ3n) is 4.89. The number of aromatic nitrogens is 1. The summed E-state index contributed by atoms with van der Waals surface area (Å²) in [5.41, 5.74) is 4.40. The van der Waals surface area contributed by atoms with E-state index in [9.17, 15) is 27.5 Å². The Balaban J connectivity index is 1.78. The number of likely N-dealkylation sites (tertiary alicyclic amines) is 1. The molecule has 1 saturated heterocycles. The molecule has 1 amide bonds. The van der Waals surface area contributed by atoms with Crippen LogP contribution in [0, 0.1) is 11.7 Å². The molecule has 1 aliphatic rings. The van der Waals surface area contributed by atoms with Gasteiger partial charge in [0, 0.05) is 49.3 Å². The number of aliphatic imine (C=N–C) groups is 1. The highest BCUT2D eigenvalue weighted by Gasteiger charge is 2.31. The van der Waals surface area contributed by atoms with Crippen LogP contribution in [0.25, 0.3) is 11.3 Å². The lowest BCUT2D eigenvalue weighted by Gasteiger charge is -2.12. The van der Waals surface area contributed by atoms with Crippen molar-refractivity contribution in [3.63, 3.8) is 0 Å². The number of hydrogen-bond donors (Lipinski definition) is 2. The second-order valence-corrected chi connectivity index (χ2v) is 7.02. The largest absolute Gasteiger partial charge is 0.507 e. The van der Waals surface area contributed by atoms with Crippen LogP contribution in [-0.2, 0) is 11.0 Å². The molecule has 1 fully saturated rings. The van der Waals surface area contributed by atoms with Crippen LogP contribution < -0.4 is 5.73 Å². The Hall–Kier alpha value is -3.17. The number of hydrogen-bond acceptors (Lipinski definition) is 5. The Morgan fingerprint density at radius 1 is 1.37 bits per heavy atom. The second-order valence-electron chi connectivity index (χ2n) is 7.02.